The van der Waals surface area contributed by atoms with Crippen molar-refractivity contribution in [1.82, 2.24) is 0 Å². The van der Waals surface area contributed by atoms with Crippen molar-refractivity contribution in [3.05, 3.63) is 0 Å². The summed E-state index contributed by atoms with van der Waals surface area (Å²) in [7, 11) is -8.24. The van der Waals surface area contributed by atoms with Crippen LogP contribution in [0.1, 0.15) is 6.42 Å². The zero-order chi connectivity index (χ0) is 9.12. The van der Waals surface area contributed by atoms with E-state index in [1.165, 1.54) is 0 Å². The van der Waals surface area contributed by atoms with E-state index in [4.69, 9.17) is 9.11 Å². The minimum absolute atomic E-state index is 0. The molecule has 0 fully saturated rings. The van der Waals surface area contributed by atoms with Gasteiger partial charge in [0.25, 0.3) is 20.2 Å². The van der Waals surface area contributed by atoms with Crippen LogP contribution in [0.4, 0.5) is 0 Å². The van der Waals surface area contributed by atoms with Gasteiger partial charge in [-0.1, -0.05) is 0 Å². The average molecular weight is 420 g/mol. The number of hydrogen-bond donors (Lipinski definition) is 2. The molecule has 0 aliphatic rings. The van der Waals surface area contributed by atoms with Crippen LogP contribution in [0.3, 0.4) is 0 Å². The maximum atomic E-state index is 10.00. The maximum absolute atomic E-state index is 10.00. The maximum Gasteiger partial charge on any atom is 0.264 e. The zero-order valence-electron chi connectivity index (χ0n) is 6.07. The van der Waals surface area contributed by atoms with Crippen LogP contribution < -0.4 is 0 Å². The van der Waals surface area contributed by atoms with Crippen LogP contribution in [-0.4, -0.2) is 37.4 Å². The molecule has 0 aromatic heterocycles. The molecule has 13 heavy (non-hydrogen) atoms. The second-order valence-corrected chi connectivity index (χ2v) is 5.07. The molecule has 0 aliphatic carbocycles. The Morgan fingerprint density at radius 2 is 1.00 bits per heavy atom. The second-order valence-electron chi connectivity index (χ2n) is 1.93. The molecule has 2 radical (unpaired) electrons. The van der Waals surface area contributed by atoms with Gasteiger partial charge in [-0.25, -0.2) is 0 Å². The van der Waals surface area contributed by atoms with E-state index >= 15 is 0 Å². The number of hydrogen-bond acceptors (Lipinski definition) is 4. The Morgan fingerprint density at radius 1 is 0.769 bits per heavy atom. The van der Waals surface area contributed by atoms with Crippen LogP contribution in [0.2, 0.25) is 0 Å². The van der Waals surface area contributed by atoms with E-state index in [-0.39, 0.29) is 51.2 Å². The molecule has 0 amide bonds. The Balaban J connectivity index is -0.000000500. The molecule has 0 rings (SSSR count). The average Bonchev–Trinajstić information content (AvgIpc) is 1.55. The van der Waals surface area contributed by atoms with Gasteiger partial charge in [0.05, 0.1) is 11.5 Å². The Bertz CT molecular complexity index is 273. The first kappa shape index (κ1) is 19.8. The van der Waals surface area contributed by atoms with Gasteiger partial charge in [0.15, 0.2) is 0 Å². The summed E-state index contributed by atoms with van der Waals surface area (Å²) in [4.78, 5) is 0. The molecule has 90 valence electrons. The van der Waals surface area contributed by atoms with E-state index in [9.17, 15) is 16.8 Å². The van der Waals surface area contributed by atoms with Crippen LogP contribution in [0.5, 0.6) is 0 Å². The fraction of sp³-hybridized carbons (Fsp3) is 1.00. The first-order valence-electron chi connectivity index (χ1n) is 2.61. The minimum Gasteiger partial charge on any atom is -0.286 e. The van der Waals surface area contributed by atoms with E-state index < -0.39 is 31.7 Å². The zero-order valence-corrected chi connectivity index (χ0v) is 10.7. The van der Waals surface area contributed by atoms with Gasteiger partial charge in [0, 0.05) is 44.8 Å². The van der Waals surface area contributed by atoms with E-state index in [1.54, 1.807) is 0 Å². The molecule has 0 spiro atoms. The molecule has 0 bridgehead atoms. The fourth-order valence-corrected chi connectivity index (χ4v) is 1.62. The summed E-state index contributed by atoms with van der Waals surface area (Å²) < 4.78 is 56.2. The first-order valence-corrected chi connectivity index (χ1v) is 5.83. The van der Waals surface area contributed by atoms with Crippen molar-refractivity contribution in [3.63, 3.8) is 0 Å². The Labute approximate surface area is 108 Å². The monoisotopic (exact) mass is 418 g/mol. The van der Waals surface area contributed by atoms with Gasteiger partial charge in [-0.2, -0.15) is 16.8 Å². The summed E-state index contributed by atoms with van der Waals surface area (Å²) >= 11 is 0. The predicted molar refractivity (Wildman–Crippen MR) is 37.4 cm³/mol. The van der Waals surface area contributed by atoms with E-state index in [2.05, 4.69) is 0 Å². The molecular weight excluding hydrogens is 412 g/mol. The normalized spacial score (nSPS) is 11.2. The van der Waals surface area contributed by atoms with Crippen molar-refractivity contribution in [3.8, 4) is 0 Å². The topological polar surface area (TPSA) is 109 Å². The molecule has 10 heteroatoms. The molecule has 6 nitrogen and oxygen atoms in total. The van der Waals surface area contributed by atoms with Crippen molar-refractivity contribution in [2.45, 2.75) is 6.42 Å². The second kappa shape index (κ2) is 7.57. The van der Waals surface area contributed by atoms with Crippen molar-refractivity contribution >= 4 is 20.2 Å². The molecule has 2 N–H and O–H groups in total. The van der Waals surface area contributed by atoms with Crippen LogP contribution in [0.15, 0.2) is 0 Å². The van der Waals surface area contributed by atoms with Crippen LogP contribution in [0, 0.1) is 0 Å². The standard InChI is InChI=1S/C3H8O6S2.2Ag/c4-10(5,6)2-1-3-11(7,8)9;;/h1-3H2,(H,4,5,6)(H,7,8,9);;. The van der Waals surface area contributed by atoms with Gasteiger partial charge < -0.3 is 0 Å². The molecule has 0 aromatic carbocycles. The Hall–Kier alpha value is 1.30. The Kier molecular flexibility index (Phi) is 11.5. The first-order chi connectivity index (χ1) is 4.71. The molecule has 0 atom stereocenters. The summed E-state index contributed by atoms with van der Waals surface area (Å²) in [5.41, 5.74) is 0. The Morgan fingerprint density at radius 3 is 1.15 bits per heavy atom. The van der Waals surface area contributed by atoms with Gasteiger partial charge in [0.2, 0.25) is 0 Å². The van der Waals surface area contributed by atoms with Gasteiger partial charge >= 0.3 is 0 Å². The summed E-state index contributed by atoms with van der Waals surface area (Å²) in [6.07, 6.45) is -0.308. The molecule has 0 unspecified atom stereocenters. The van der Waals surface area contributed by atoms with Gasteiger partial charge in [0.1, 0.15) is 0 Å². The molecule has 0 aliphatic heterocycles. The largest absolute Gasteiger partial charge is 0.286 e. The third-order valence-electron chi connectivity index (χ3n) is 0.805. The molecule has 0 saturated carbocycles. The fourth-order valence-electron chi connectivity index (χ4n) is 0.424. The minimum atomic E-state index is -4.12. The van der Waals surface area contributed by atoms with E-state index in [0.29, 0.717) is 0 Å². The predicted octanol–water partition coefficient (Wildman–Crippen LogP) is -0.853. The van der Waals surface area contributed by atoms with E-state index in [1.807, 2.05) is 0 Å². The number of rotatable bonds is 4. The van der Waals surface area contributed by atoms with Crippen molar-refractivity contribution in [1.29, 1.82) is 0 Å². The summed E-state index contributed by atoms with van der Waals surface area (Å²) in [6.45, 7) is 0. The van der Waals surface area contributed by atoms with Crippen LogP contribution in [-0.2, 0) is 65.0 Å². The third kappa shape index (κ3) is 19.6. The quantitative estimate of drug-likeness (QED) is 0.453. The van der Waals surface area contributed by atoms with Crippen LogP contribution >= 0.6 is 0 Å². The molecular formula is C3H8Ag2O6S2. The molecule has 0 saturated heterocycles. The summed E-state index contributed by atoms with van der Waals surface area (Å²) in [5.74, 6) is -1.32. The molecule has 0 aromatic rings. The molecule has 0 heterocycles. The van der Waals surface area contributed by atoms with Gasteiger partial charge in [-0.05, 0) is 6.42 Å². The smallest absolute Gasteiger partial charge is 0.264 e. The van der Waals surface area contributed by atoms with Crippen molar-refractivity contribution < 1.29 is 70.7 Å². The van der Waals surface area contributed by atoms with E-state index in [0.717, 1.165) is 0 Å². The van der Waals surface area contributed by atoms with Gasteiger partial charge in [-0.3, -0.25) is 9.11 Å². The summed E-state index contributed by atoms with van der Waals surface area (Å²) in [5, 5.41) is 0. The van der Waals surface area contributed by atoms with Crippen molar-refractivity contribution in [2.24, 2.45) is 0 Å². The van der Waals surface area contributed by atoms with Crippen LogP contribution in [0.25, 0.3) is 0 Å². The summed E-state index contributed by atoms with van der Waals surface area (Å²) in [6, 6.07) is 0. The third-order valence-corrected chi connectivity index (χ3v) is 2.41. The van der Waals surface area contributed by atoms with Crippen molar-refractivity contribution in [2.75, 3.05) is 11.5 Å². The SMILES string of the molecule is O=S(=O)(O)CCCS(=O)(=O)O.[Ag].[Ag]. The van der Waals surface area contributed by atoms with Gasteiger partial charge in [-0.15, -0.1) is 0 Å².